The molecular weight excluding hydrogens is 494 g/mol. The van der Waals surface area contributed by atoms with Gasteiger partial charge in [-0.2, -0.15) is 0 Å². The molecular formula is C33H35N7. The van der Waals surface area contributed by atoms with Crippen LogP contribution in [0.15, 0.2) is 85.1 Å². The SMILES string of the molecule is CN1CCCC2(CCN(Cc3ccc(-n4c(-c5cccnc5N)nc5ccc(-c6ccccc6)nc54)cc3)C2)C1. The molecule has 0 amide bonds. The van der Waals surface area contributed by atoms with E-state index in [0.717, 1.165) is 46.0 Å². The van der Waals surface area contributed by atoms with Gasteiger partial charge in [-0.25, -0.2) is 15.0 Å². The summed E-state index contributed by atoms with van der Waals surface area (Å²) in [4.78, 5) is 19.6. The fourth-order valence-electron chi connectivity index (χ4n) is 6.72. The quantitative estimate of drug-likeness (QED) is 0.317. The number of piperidine rings is 1. The number of fused-ring (bicyclic) bond motifs is 1. The van der Waals surface area contributed by atoms with Crippen molar-refractivity contribution in [2.24, 2.45) is 5.41 Å². The van der Waals surface area contributed by atoms with E-state index in [1.807, 2.05) is 42.5 Å². The summed E-state index contributed by atoms with van der Waals surface area (Å²) in [5.74, 6) is 1.20. The van der Waals surface area contributed by atoms with Gasteiger partial charge in [0.1, 0.15) is 11.3 Å². The highest BCUT2D eigenvalue weighted by atomic mass is 15.2. The van der Waals surface area contributed by atoms with Crippen LogP contribution in [0.25, 0.3) is 39.5 Å². The number of aromatic nitrogens is 4. The third kappa shape index (κ3) is 4.65. The summed E-state index contributed by atoms with van der Waals surface area (Å²) in [5.41, 5.74) is 13.5. The van der Waals surface area contributed by atoms with E-state index in [0.29, 0.717) is 11.2 Å². The van der Waals surface area contributed by atoms with Crippen molar-refractivity contribution in [2.75, 3.05) is 39.0 Å². The van der Waals surface area contributed by atoms with Crippen molar-refractivity contribution in [3.05, 3.63) is 90.6 Å². The summed E-state index contributed by atoms with van der Waals surface area (Å²) in [7, 11) is 2.27. The van der Waals surface area contributed by atoms with Gasteiger partial charge < -0.3 is 10.6 Å². The zero-order valence-corrected chi connectivity index (χ0v) is 23.0. The molecule has 0 aliphatic carbocycles. The standard InChI is InChI=1S/C33H35N7/c1-38-19-6-16-33(22-38)17-20-39(23-33)21-24-10-12-26(13-11-24)40-31(27-9-5-18-35-30(27)34)37-29-15-14-28(36-32(29)40)25-7-3-2-4-8-25/h2-5,7-15,18H,6,16-17,19-23H2,1H3,(H2,34,35). The van der Waals surface area contributed by atoms with Crippen LogP contribution < -0.4 is 5.73 Å². The van der Waals surface area contributed by atoms with Crippen molar-refractivity contribution >= 4 is 17.0 Å². The van der Waals surface area contributed by atoms with Gasteiger partial charge in [-0.3, -0.25) is 9.47 Å². The van der Waals surface area contributed by atoms with E-state index in [1.165, 1.54) is 51.0 Å². The lowest BCUT2D eigenvalue weighted by Crippen LogP contribution is -2.42. The largest absolute Gasteiger partial charge is 0.383 e. The molecule has 0 bridgehead atoms. The fourth-order valence-corrected chi connectivity index (χ4v) is 6.72. The maximum atomic E-state index is 6.33. The molecule has 7 nitrogen and oxygen atoms in total. The van der Waals surface area contributed by atoms with Gasteiger partial charge in [-0.15, -0.1) is 0 Å². The second kappa shape index (κ2) is 10.2. The molecule has 2 aliphatic rings. The van der Waals surface area contributed by atoms with Gasteiger partial charge in [0.2, 0.25) is 0 Å². The molecule has 40 heavy (non-hydrogen) atoms. The Bertz CT molecular complexity index is 1640. The average molecular weight is 530 g/mol. The Labute approximate surface area is 235 Å². The number of nitrogens with two attached hydrogens (primary N) is 1. The normalized spacial score (nSPS) is 20.0. The molecule has 1 atom stereocenters. The Morgan fingerprint density at radius 1 is 0.850 bits per heavy atom. The Hall–Kier alpha value is -4.07. The van der Waals surface area contributed by atoms with Crippen LogP contribution in [-0.2, 0) is 6.54 Å². The van der Waals surface area contributed by atoms with Crippen LogP contribution in [-0.4, -0.2) is 62.5 Å². The molecule has 2 aromatic carbocycles. The molecule has 2 fully saturated rings. The second-order valence-corrected chi connectivity index (χ2v) is 11.6. The number of hydrogen-bond acceptors (Lipinski definition) is 6. The number of anilines is 1. The first-order valence-corrected chi connectivity index (χ1v) is 14.2. The summed E-state index contributed by atoms with van der Waals surface area (Å²) in [6.07, 6.45) is 5.70. The summed E-state index contributed by atoms with van der Waals surface area (Å²) < 4.78 is 2.11. The summed E-state index contributed by atoms with van der Waals surface area (Å²) in [6.45, 7) is 5.82. The molecule has 202 valence electrons. The molecule has 2 N–H and O–H groups in total. The number of nitrogen functional groups attached to an aromatic ring is 1. The van der Waals surface area contributed by atoms with E-state index in [1.54, 1.807) is 6.20 Å². The number of rotatable bonds is 5. The van der Waals surface area contributed by atoms with Gasteiger partial charge in [0.25, 0.3) is 0 Å². The van der Waals surface area contributed by atoms with Crippen LogP contribution in [0.4, 0.5) is 5.82 Å². The zero-order chi connectivity index (χ0) is 27.1. The second-order valence-electron chi connectivity index (χ2n) is 11.6. The number of hydrogen-bond donors (Lipinski definition) is 1. The number of likely N-dealkylation sites (tertiary alicyclic amines) is 2. The van der Waals surface area contributed by atoms with E-state index in [9.17, 15) is 0 Å². The van der Waals surface area contributed by atoms with Crippen LogP contribution in [0, 0.1) is 5.41 Å². The highest BCUT2D eigenvalue weighted by Gasteiger charge is 2.40. The Morgan fingerprint density at radius 3 is 2.50 bits per heavy atom. The molecule has 5 aromatic rings. The van der Waals surface area contributed by atoms with Crippen molar-refractivity contribution in [1.29, 1.82) is 0 Å². The zero-order valence-electron chi connectivity index (χ0n) is 23.0. The first kappa shape index (κ1) is 24.9. The molecule has 0 radical (unpaired) electrons. The Morgan fingerprint density at radius 2 is 1.70 bits per heavy atom. The van der Waals surface area contributed by atoms with Crippen molar-refractivity contribution in [3.63, 3.8) is 0 Å². The van der Waals surface area contributed by atoms with Crippen LogP contribution >= 0.6 is 0 Å². The predicted molar refractivity (Wildman–Crippen MR) is 161 cm³/mol. The van der Waals surface area contributed by atoms with Crippen LogP contribution in [0.2, 0.25) is 0 Å². The monoisotopic (exact) mass is 529 g/mol. The van der Waals surface area contributed by atoms with Gasteiger partial charge in [0.15, 0.2) is 11.5 Å². The van der Waals surface area contributed by atoms with Crippen molar-refractivity contribution in [1.82, 2.24) is 29.3 Å². The van der Waals surface area contributed by atoms with Gasteiger partial charge in [-0.1, -0.05) is 42.5 Å². The van der Waals surface area contributed by atoms with Crippen molar-refractivity contribution in [3.8, 4) is 28.3 Å². The molecule has 1 spiro atoms. The maximum Gasteiger partial charge on any atom is 0.165 e. The molecule has 7 rings (SSSR count). The predicted octanol–water partition coefficient (Wildman–Crippen LogP) is 5.65. The summed E-state index contributed by atoms with van der Waals surface area (Å²) in [6, 6.07) is 27.1. The first-order valence-electron chi connectivity index (χ1n) is 14.2. The number of pyridine rings is 2. The summed E-state index contributed by atoms with van der Waals surface area (Å²) in [5, 5.41) is 0. The average Bonchev–Trinajstić information content (AvgIpc) is 3.54. The minimum absolute atomic E-state index is 0.454. The minimum atomic E-state index is 0.454. The number of nitrogens with zero attached hydrogens (tertiary/aromatic N) is 6. The van der Waals surface area contributed by atoms with Gasteiger partial charge in [0, 0.05) is 37.1 Å². The molecule has 2 aliphatic heterocycles. The topological polar surface area (TPSA) is 76.1 Å². The third-order valence-electron chi connectivity index (χ3n) is 8.62. The van der Waals surface area contributed by atoms with Gasteiger partial charge in [0.05, 0.1) is 11.3 Å². The number of benzene rings is 2. The third-order valence-corrected chi connectivity index (χ3v) is 8.62. The van der Waals surface area contributed by atoms with Gasteiger partial charge in [-0.05, 0) is 86.8 Å². The van der Waals surface area contributed by atoms with Crippen LogP contribution in [0.1, 0.15) is 24.8 Å². The first-order chi connectivity index (χ1) is 19.6. The molecule has 1 unspecified atom stereocenters. The Kier molecular flexibility index (Phi) is 6.33. The molecule has 0 saturated carbocycles. The highest BCUT2D eigenvalue weighted by Crippen LogP contribution is 2.39. The fraction of sp³-hybridized carbons (Fsp3) is 0.303. The molecule has 5 heterocycles. The van der Waals surface area contributed by atoms with Crippen molar-refractivity contribution in [2.45, 2.75) is 25.8 Å². The summed E-state index contributed by atoms with van der Waals surface area (Å²) >= 11 is 0. The lowest BCUT2D eigenvalue weighted by molar-refractivity contribution is 0.112. The van der Waals surface area contributed by atoms with E-state index in [-0.39, 0.29) is 0 Å². The van der Waals surface area contributed by atoms with Crippen LogP contribution in [0.3, 0.4) is 0 Å². The molecule has 2 saturated heterocycles. The lowest BCUT2D eigenvalue weighted by Gasteiger charge is -2.38. The molecule has 3 aromatic heterocycles. The van der Waals surface area contributed by atoms with Crippen molar-refractivity contribution < 1.29 is 0 Å². The minimum Gasteiger partial charge on any atom is -0.383 e. The lowest BCUT2D eigenvalue weighted by atomic mass is 9.79. The van der Waals surface area contributed by atoms with Gasteiger partial charge >= 0.3 is 0 Å². The molecule has 7 heteroatoms. The van der Waals surface area contributed by atoms with E-state index < -0.39 is 0 Å². The highest BCUT2D eigenvalue weighted by molar-refractivity contribution is 5.84. The smallest absolute Gasteiger partial charge is 0.165 e. The van der Waals surface area contributed by atoms with E-state index >= 15 is 0 Å². The Balaban J connectivity index is 1.23. The number of imidazole rings is 1. The maximum absolute atomic E-state index is 6.33. The van der Waals surface area contributed by atoms with Crippen LogP contribution in [0.5, 0.6) is 0 Å². The van der Waals surface area contributed by atoms with E-state index in [4.69, 9.17) is 15.7 Å². The van der Waals surface area contributed by atoms with E-state index in [2.05, 4.69) is 62.8 Å².